The summed E-state index contributed by atoms with van der Waals surface area (Å²) < 4.78 is 11.5. The van der Waals surface area contributed by atoms with E-state index >= 15 is 0 Å². The molecule has 1 aliphatic heterocycles. The molecule has 1 aromatic rings. The molecule has 0 saturated carbocycles. The van der Waals surface area contributed by atoms with Gasteiger partial charge in [0.2, 0.25) is 0 Å². The van der Waals surface area contributed by atoms with Gasteiger partial charge in [-0.05, 0) is 51.3 Å². The summed E-state index contributed by atoms with van der Waals surface area (Å²) in [5, 5.41) is 3.48. The van der Waals surface area contributed by atoms with Crippen LogP contribution in [0.1, 0.15) is 39.2 Å². The van der Waals surface area contributed by atoms with Crippen molar-refractivity contribution in [3.05, 3.63) is 29.8 Å². The summed E-state index contributed by atoms with van der Waals surface area (Å²) in [6, 6.07) is 8.27. The van der Waals surface area contributed by atoms with E-state index in [1.165, 1.54) is 12.0 Å². The predicted molar refractivity (Wildman–Crippen MR) is 77.5 cm³/mol. The first-order valence-corrected chi connectivity index (χ1v) is 7.18. The van der Waals surface area contributed by atoms with Crippen LogP contribution in [0.25, 0.3) is 0 Å². The van der Waals surface area contributed by atoms with Crippen LogP contribution in [0.4, 0.5) is 0 Å². The highest BCUT2D eigenvalue weighted by molar-refractivity contribution is 5.28. The van der Waals surface area contributed by atoms with Crippen molar-refractivity contribution in [2.45, 2.75) is 51.9 Å². The van der Waals surface area contributed by atoms with E-state index in [0.717, 1.165) is 31.9 Å². The van der Waals surface area contributed by atoms with Gasteiger partial charge in [-0.25, -0.2) is 0 Å². The van der Waals surface area contributed by atoms with Gasteiger partial charge in [-0.1, -0.05) is 12.1 Å². The van der Waals surface area contributed by atoms with E-state index in [1.54, 1.807) is 0 Å². The largest absolute Gasteiger partial charge is 0.491 e. The maximum absolute atomic E-state index is 5.77. The molecule has 2 rings (SSSR count). The van der Waals surface area contributed by atoms with Crippen LogP contribution in [0.15, 0.2) is 24.3 Å². The summed E-state index contributed by atoms with van der Waals surface area (Å²) in [5.74, 6) is 0.942. The average Bonchev–Trinajstić information content (AvgIpc) is 2.76. The van der Waals surface area contributed by atoms with Gasteiger partial charge in [0.05, 0.1) is 11.7 Å². The molecule has 3 nitrogen and oxygen atoms in total. The lowest BCUT2D eigenvalue weighted by Crippen LogP contribution is -2.36. The summed E-state index contributed by atoms with van der Waals surface area (Å²) in [6.45, 7) is 8.93. The van der Waals surface area contributed by atoms with Gasteiger partial charge in [0.25, 0.3) is 0 Å². The second kappa shape index (κ2) is 6.40. The number of benzene rings is 1. The lowest BCUT2D eigenvalue weighted by Gasteiger charge is -2.23. The Morgan fingerprint density at radius 2 is 2.26 bits per heavy atom. The molecule has 1 aromatic carbocycles. The number of hydrogen-bond acceptors (Lipinski definition) is 3. The molecule has 1 aliphatic rings. The molecule has 0 bridgehead atoms. The lowest BCUT2D eigenvalue weighted by molar-refractivity contribution is 0.0207. The van der Waals surface area contributed by atoms with E-state index in [2.05, 4.69) is 24.4 Å². The van der Waals surface area contributed by atoms with E-state index in [1.807, 2.05) is 26.0 Å². The van der Waals surface area contributed by atoms with Crippen molar-refractivity contribution >= 4 is 0 Å². The molecule has 1 saturated heterocycles. The average molecular weight is 263 g/mol. The van der Waals surface area contributed by atoms with Crippen LogP contribution in [0.5, 0.6) is 5.75 Å². The minimum atomic E-state index is 0.0199. The first-order valence-electron chi connectivity index (χ1n) is 7.18. The number of ether oxygens (including phenoxy) is 2. The molecule has 3 heteroatoms. The van der Waals surface area contributed by atoms with Crippen LogP contribution in [0.3, 0.4) is 0 Å². The Bertz CT molecular complexity index is 397. The molecule has 0 aliphatic carbocycles. The van der Waals surface area contributed by atoms with Crippen LogP contribution in [0, 0.1) is 0 Å². The number of rotatable bonds is 6. The second-order valence-electron chi connectivity index (χ2n) is 5.82. The minimum Gasteiger partial charge on any atom is -0.491 e. The Hall–Kier alpha value is -1.06. The third-order valence-corrected chi connectivity index (χ3v) is 3.40. The molecule has 1 fully saturated rings. The summed E-state index contributed by atoms with van der Waals surface area (Å²) in [6.07, 6.45) is 2.54. The van der Waals surface area contributed by atoms with E-state index in [0.29, 0.717) is 0 Å². The highest BCUT2D eigenvalue weighted by Gasteiger charge is 2.28. The Labute approximate surface area is 116 Å². The summed E-state index contributed by atoms with van der Waals surface area (Å²) in [4.78, 5) is 0. The molecule has 1 atom stereocenters. The van der Waals surface area contributed by atoms with Crippen LogP contribution in [0.2, 0.25) is 0 Å². The molecule has 1 unspecified atom stereocenters. The zero-order chi connectivity index (χ0) is 13.7. The molecule has 0 amide bonds. The monoisotopic (exact) mass is 263 g/mol. The Morgan fingerprint density at radius 1 is 1.42 bits per heavy atom. The van der Waals surface area contributed by atoms with Crippen LogP contribution < -0.4 is 10.1 Å². The third-order valence-electron chi connectivity index (χ3n) is 3.40. The normalized spacial score (nSPS) is 22.9. The quantitative estimate of drug-likeness (QED) is 0.855. The zero-order valence-corrected chi connectivity index (χ0v) is 12.2. The van der Waals surface area contributed by atoms with Crippen molar-refractivity contribution in [1.29, 1.82) is 0 Å². The van der Waals surface area contributed by atoms with Gasteiger partial charge in [0.1, 0.15) is 5.75 Å². The minimum absolute atomic E-state index is 0.0199. The zero-order valence-electron chi connectivity index (χ0n) is 12.2. The van der Waals surface area contributed by atoms with Crippen LogP contribution >= 0.6 is 0 Å². The van der Waals surface area contributed by atoms with Crippen molar-refractivity contribution in [3.63, 3.8) is 0 Å². The van der Waals surface area contributed by atoms with E-state index in [9.17, 15) is 0 Å². The van der Waals surface area contributed by atoms with Gasteiger partial charge < -0.3 is 14.8 Å². The van der Waals surface area contributed by atoms with Crippen molar-refractivity contribution in [2.24, 2.45) is 0 Å². The van der Waals surface area contributed by atoms with Gasteiger partial charge in [-0.3, -0.25) is 0 Å². The van der Waals surface area contributed by atoms with Gasteiger partial charge in [0.15, 0.2) is 0 Å². The molecular weight excluding hydrogens is 238 g/mol. The van der Waals surface area contributed by atoms with E-state index in [-0.39, 0.29) is 11.7 Å². The fourth-order valence-corrected chi connectivity index (χ4v) is 2.45. The summed E-state index contributed by atoms with van der Waals surface area (Å²) >= 11 is 0. The molecule has 19 heavy (non-hydrogen) atoms. The van der Waals surface area contributed by atoms with Crippen LogP contribution in [-0.2, 0) is 11.3 Å². The number of hydrogen-bond donors (Lipinski definition) is 1. The standard InChI is InChI=1S/C16H25NO2/c1-13(2)19-15-7-4-6-14(10-15)11-17-12-16(3)8-5-9-18-16/h4,6-7,10,13,17H,5,8-9,11-12H2,1-3H3. The molecule has 106 valence electrons. The third kappa shape index (κ3) is 4.51. The molecule has 1 N–H and O–H groups in total. The SMILES string of the molecule is CC(C)Oc1cccc(CNCC2(C)CCCO2)c1. The number of nitrogens with one attached hydrogen (secondary N) is 1. The smallest absolute Gasteiger partial charge is 0.120 e. The van der Waals surface area contributed by atoms with E-state index < -0.39 is 0 Å². The fourth-order valence-electron chi connectivity index (χ4n) is 2.45. The van der Waals surface area contributed by atoms with Gasteiger partial charge in [0, 0.05) is 19.7 Å². The molecular formula is C16H25NO2. The van der Waals surface area contributed by atoms with E-state index in [4.69, 9.17) is 9.47 Å². The lowest BCUT2D eigenvalue weighted by atomic mass is 10.0. The Balaban J connectivity index is 1.82. The van der Waals surface area contributed by atoms with Gasteiger partial charge in [-0.15, -0.1) is 0 Å². The fraction of sp³-hybridized carbons (Fsp3) is 0.625. The first kappa shape index (κ1) is 14.4. The predicted octanol–water partition coefficient (Wildman–Crippen LogP) is 3.13. The van der Waals surface area contributed by atoms with Crippen molar-refractivity contribution in [3.8, 4) is 5.75 Å². The highest BCUT2D eigenvalue weighted by Crippen LogP contribution is 2.24. The molecule has 1 heterocycles. The topological polar surface area (TPSA) is 30.5 Å². The molecule has 0 aromatic heterocycles. The molecule has 0 spiro atoms. The van der Waals surface area contributed by atoms with Crippen molar-refractivity contribution in [2.75, 3.05) is 13.2 Å². The maximum atomic E-state index is 5.77. The highest BCUT2D eigenvalue weighted by atomic mass is 16.5. The first-order chi connectivity index (χ1) is 9.07. The van der Waals surface area contributed by atoms with Gasteiger partial charge >= 0.3 is 0 Å². The Morgan fingerprint density at radius 3 is 2.95 bits per heavy atom. The summed E-state index contributed by atoms with van der Waals surface area (Å²) in [7, 11) is 0. The van der Waals surface area contributed by atoms with Gasteiger partial charge in [-0.2, -0.15) is 0 Å². The maximum Gasteiger partial charge on any atom is 0.120 e. The molecule has 0 radical (unpaired) electrons. The van der Waals surface area contributed by atoms with Crippen LogP contribution in [-0.4, -0.2) is 24.9 Å². The van der Waals surface area contributed by atoms with Crippen molar-refractivity contribution < 1.29 is 9.47 Å². The summed E-state index contributed by atoms with van der Waals surface area (Å²) in [5.41, 5.74) is 1.27. The second-order valence-corrected chi connectivity index (χ2v) is 5.82. The Kier molecular flexibility index (Phi) is 4.83. The van der Waals surface area contributed by atoms with Crippen molar-refractivity contribution in [1.82, 2.24) is 5.32 Å².